The van der Waals surface area contributed by atoms with Crippen LogP contribution in [0.25, 0.3) is 0 Å². The lowest BCUT2D eigenvalue weighted by Gasteiger charge is -2.08. The quantitative estimate of drug-likeness (QED) is 0.372. The Kier molecular flexibility index (Phi) is 22.1. The summed E-state index contributed by atoms with van der Waals surface area (Å²) in [5, 5.41) is 5.24. The second kappa shape index (κ2) is 21.5. The number of carbonyl (C=O) groups excluding carboxylic acids is 3. The molecular formula is C17H38N2O7. The van der Waals surface area contributed by atoms with Crippen LogP contribution in [0, 0.1) is 0 Å². The molecule has 0 spiro atoms. The van der Waals surface area contributed by atoms with Gasteiger partial charge in [0.1, 0.15) is 13.2 Å². The SMILES string of the molecule is CC.CC(=O)COCCOCCNC(=O)COCCOCCNC(C)=O.[HH].[HH]. The molecule has 9 heteroatoms. The molecule has 9 nitrogen and oxygen atoms in total. The molecule has 0 saturated heterocycles. The molecule has 0 unspecified atom stereocenters. The van der Waals surface area contributed by atoms with Crippen LogP contribution in [-0.4, -0.2) is 83.5 Å². The molecule has 0 radical (unpaired) electrons. The van der Waals surface area contributed by atoms with E-state index in [2.05, 4.69) is 10.6 Å². The first-order valence-electron chi connectivity index (χ1n) is 8.84. The van der Waals surface area contributed by atoms with Gasteiger partial charge in [-0.05, 0) is 6.92 Å². The maximum absolute atomic E-state index is 11.4. The third kappa shape index (κ3) is 24.7. The van der Waals surface area contributed by atoms with Gasteiger partial charge < -0.3 is 29.6 Å². The van der Waals surface area contributed by atoms with Crippen LogP contribution in [0.3, 0.4) is 0 Å². The van der Waals surface area contributed by atoms with Crippen LogP contribution in [-0.2, 0) is 33.3 Å². The predicted molar refractivity (Wildman–Crippen MR) is 101 cm³/mol. The third-order valence-corrected chi connectivity index (χ3v) is 2.47. The molecule has 26 heavy (non-hydrogen) atoms. The highest BCUT2D eigenvalue weighted by molar-refractivity contribution is 5.77. The van der Waals surface area contributed by atoms with Crippen molar-refractivity contribution < 1.29 is 36.2 Å². The van der Waals surface area contributed by atoms with Crippen LogP contribution in [0.4, 0.5) is 0 Å². The molecule has 158 valence electrons. The standard InChI is InChI=1S/C15H28N2O7.C2H6.2H2/c1-13(18)11-23-9-7-22-6-4-17-15(20)12-24-10-8-21-5-3-16-14(2)19;1-2;;/h3-12H2,1-2H3,(H,16,19)(H,17,20);1-2H3;2*1H. The summed E-state index contributed by atoms with van der Waals surface area (Å²) in [6, 6.07) is 0. The number of ether oxygens (including phenoxy) is 4. The van der Waals surface area contributed by atoms with Crippen molar-refractivity contribution in [1.29, 1.82) is 0 Å². The molecular weight excluding hydrogens is 344 g/mol. The Hall–Kier alpha value is -1.55. The second-order valence-electron chi connectivity index (χ2n) is 4.86. The fraction of sp³-hybridized carbons (Fsp3) is 0.824. The molecule has 0 aliphatic carbocycles. The first kappa shape index (κ1) is 26.7. The highest BCUT2D eigenvalue weighted by Gasteiger charge is 2.01. The van der Waals surface area contributed by atoms with Gasteiger partial charge in [0.25, 0.3) is 0 Å². The van der Waals surface area contributed by atoms with Gasteiger partial charge >= 0.3 is 0 Å². The topological polar surface area (TPSA) is 112 Å². The molecule has 0 saturated carbocycles. The number of Topliss-reactive ketones (excluding diaryl/α,β-unsaturated/α-hetero) is 1. The zero-order valence-electron chi connectivity index (χ0n) is 16.4. The monoisotopic (exact) mass is 382 g/mol. The smallest absolute Gasteiger partial charge is 0.246 e. The molecule has 0 heterocycles. The van der Waals surface area contributed by atoms with Crippen molar-refractivity contribution in [3.8, 4) is 0 Å². The van der Waals surface area contributed by atoms with Crippen molar-refractivity contribution >= 4 is 17.6 Å². The Morgan fingerprint density at radius 1 is 0.692 bits per heavy atom. The third-order valence-electron chi connectivity index (χ3n) is 2.47. The fourth-order valence-corrected chi connectivity index (χ4v) is 1.43. The number of amides is 2. The average Bonchev–Trinajstić information content (AvgIpc) is 2.60. The van der Waals surface area contributed by atoms with E-state index in [-0.39, 0.29) is 33.7 Å². The van der Waals surface area contributed by atoms with Crippen LogP contribution in [0.5, 0.6) is 0 Å². The van der Waals surface area contributed by atoms with Crippen LogP contribution in [0.1, 0.15) is 30.5 Å². The maximum Gasteiger partial charge on any atom is 0.246 e. The lowest BCUT2D eigenvalue weighted by Crippen LogP contribution is -2.31. The van der Waals surface area contributed by atoms with E-state index in [0.29, 0.717) is 52.7 Å². The highest BCUT2D eigenvalue weighted by atomic mass is 16.5. The van der Waals surface area contributed by atoms with Gasteiger partial charge in [-0.2, -0.15) is 0 Å². The maximum atomic E-state index is 11.4. The van der Waals surface area contributed by atoms with E-state index in [1.54, 1.807) is 0 Å². The van der Waals surface area contributed by atoms with Crippen molar-refractivity contribution in [1.82, 2.24) is 10.6 Å². The number of hydrogen-bond donors (Lipinski definition) is 2. The average molecular weight is 382 g/mol. The first-order valence-corrected chi connectivity index (χ1v) is 8.84. The minimum atomic E-state index is -0.232. The first-order chi connectivity index (χ1) is 12.5. The molecule has 0 aliphatic rings. The van der Waals surface area contributed by atoms with Crippen LogP contribution >= 0.6 is 0 Å². The molecule has 0 atom stereocenters. The fourth-order valence-electron chi connectivity index (χ4n) is 1.43. The summed E-state index contributed by atoms with van der Waals surface area (Å²) in [6.45, 7) is 9.92. The van der Waals surface area contributed by atoms with Gasteiger partial charge in [-0.1, -0.05) is 13.8 Å². The van der Waals surface area contributed by atoms with Crippen LogP contribution < -0.4 is 10.6 Å². The minimum absolute atomic E-state index is 0. The summed E-state index contributed by atoms with van der Waals surface area (Å²) in [5.74, 6) is -0.357. The number of ketones is 1. The van der Waals surface area contributed by atoms with E-state index in [9.17, 15) is 14.4 Å². The van der Waals surface area contributed by atoms with Gasteiger partial charge in [-0.25, -0.2) is 0 Å². The Labute approximate surface area is 159 Å². The molecule has 2 N–H and O–H groups in total. The van der Waals surface area contributed by atoms with Crippen molar-refractivity contribution in [2.75, 3.05) is 65.9 Å². The van der Waals surface area contributed by atoms with Gasteiger partial charge in [0, 0.05) is 22.9 Å². The Morgan fingerprint density at radius 3 is 1.65 bits per heavy atom. The largest absolute Gasteiger partial charge is 0.377 e. The van der Waals surface area contributed by atoms with Crippen LogP contribution in [0.15, 0.2) is 0 Å². The Balaban J connectivity index is -0.000000695. The van der Waals surface area contributed by atoms with Gasteiger partial charge in [0.05, 0.1) is 39.6 Å². The van der Waals surface area contributed by atoms with Crippen molar-refractivity contribution in [2.24, 2.45) is 0 Å². The van der Waals surface area contributed by atoms with E-state index >= 15 is 0 Å². The summed E-state index contributed by atoms with van der Waals surface area (Å²) in [6.07, 6.45) is 0. The number of hydrogen-bond acceptors (Lipinski definition) is 7. The molecule has 0 aromatic carbocycles. The van der Waals surface area contributed by atoms with Gasteiger partial charge in [0.2, 0.25) is 11.8 Å². The van der Waals surface area contributed by atoms with E-state index in [4.69, 9.17) is 18.9 Å². The number of nitrogens with one attached hydrogen (secondary N) is 2. The van der Waals surface area contributed by atoms with E-state index in [1.807, 2.05) is 13.8 Å². The number of rotatable bonds is 16. The molecule has 0 fully saturated rings. The molecule has 0 bridgehead atoms. The Morgan fingerprint density at radius 2 is 1.15 bits per heavy atom. The molecule has 0 rings (SSSR count). The van der Waals surface area contributed by atoms with Crippen molar-refractivity contribution in [3.05, 3.63) is 0 Å². The summed E-state index contributed by atoms with van der Waals surface area (Å²) < 4.78 is 20.6. The number of carbonyl (C=O) groups is 3. The van der Waals surface area contributed by atoms with E-state index in [0.717, 1.165) is 0 Å². The zero-order valence-corrected chi connectivity index (χ0v) is 16.4. The molecule has 2 amide bonds. The minimum Gasteiger partial charge on any atom is -0.377 e. The normalized spacial score (nSPS) is 9.85. The predicted octanol–water partition coefficient (Wildman–Crippen LogP) is 0.412. The summed E-state index contributed by atoms with van der Waals surface area (Å²) in [7, 11) is 0. The second-order valence-corrected chi connectivity index (χ2v) is 4.86. The lowest BCUT2D eigenvalue weighted by molar-refractivity contribution is -0.127. The lowest BCUT2D eigenvalue weighted by atomic mass is 10.5. The van der Waals surface area contributed by atoms with Crippen molar-refractivity contribution in [3.63, 3.8) is 0 Å². The molecule has 0 aliphatic heterocycles. The molecule has 0 aromatic heterocycles. The van der Waals surface area contributed by atoms with E-state index in [1.165, 1.54) is 13.8 Å². The summed E-state index contributed by atoms with van der Waals surface area (Å²) >= 11 is 0. The van der Waals surface area contributed by atoms with Crippen molar-refractivity contribution in [2.45, 2.75) is 27.7 Å². The molecule has 0 aromatic rings. The summed E-state index contributed by atoms with van der Waals surface area (Å²) in [4.78, 5) is 32.6. The zero-order chi connectivity index (χ0) is 20.0. The van der Waals surface area contributed by atoms with Crippen LogP contribution in [0.2, 0.25) is 0 Å². The van der Waals surface area contributed by atoms with Gasteiger partial charge in [-0.3, -0.25) is 14.4 Å². The van der Waals surface area contributed by atoms with Gasteiger partial charge in [-0.15, -0.1) is 0 Å². The Bertz CT molecular complexity index is 343. The van der Waals surface area contributed by atoms with Gasteiger partial charge in [0.15, 0.2) is 5.78 Å². The highest BCUT2D eigenvalue weighted by Crippen LogP contribution is 1.81. The van der Waals surface area contributed by atoms with E-state index < -0.39 is 0 Å². The summed E-state index contributed by atoms with van der Waals surface area (Å²) in [5.41, 5.74) is 0.